The second-order valence-electron chi connectivity index (χ2n) is 5.41. The lowest BCUT2D eigenvalue weighted by atomic mass is 9.94. The lowest BCUT2D eigenvalue weighted by molar-refractivity contribution is 0.0696. The third-order valence-corrected chi connectivity index (χ3v) is 5.29. The highest BCUT2D eigenvalue weighted by molar-refractivity contribution is 7.89. The molecule has 0 radical (unpaired) electrons. The van der Waals surface area contributed by atoms with E-state index in [1.54, 1.807) is 6.92 Å². The molecule has 0 atom stereocenters. The van der Waals surface area contributed by atoms with Crippen LogP contribution in [0.15, 0.2) is 23.1 Å². The van der Waals surface area contributed by atoms with Gasteiger partial charge >= 0.3 is 5.97 Å². The minimum absolute atomic E-state index is 0.0167. The molecule has 0 aliphatic heterocycles. The van der Waals surface area contributed by atoms with Crippen LogP contribution in [-0.4, -0.2) is 36.7 Å². The fourth-order valence-corrected chi connectivity index (χ4v) is 3.81. The number of hydrogen-bond donors (Lipinski definition) is 3. The minimum atomic E-state index is -3.75. The van der Waals surface area contributed by atoms with Gasteiger partial charge in [-0.05, 0) is 50.3 Å². The number of benzene rings is 1. The van der Waals surface area contributed by atoms with Crippen molar-refractivity contribution in [2.75, 3.05) is 0 Å². The predicted molar refractivity (Wildman–Crippen MR) is 76.7 cm³/mol. The molecule has 0 saturated heterocycles. The Kier molecular flexibility index (Phi) is 4.65. The second kappa shape index (κ2) is 6.13. The normalized spacial score (nSPS) is 23.0. The molecule has 0 spiro atoms. The van der Waals surface area contributed by atoms with Crippen molar-refractivity contribution < 1.29 is 23.4 Å². The van der Waals surface area contributed by atoms with Crippen LogP contribution in [0.4, 0.5) is 0 Å². The van der Waals surface area contributed by atoms with E-state index in [0.717, 1.165) is 0 Å². The molecule has 0 bridgehead atoms. The van der Waals surface area contributed by atoms with Crippen molar-refractivity contribution in [1.29, 1.82) is 0 Å². The highest BCUT2D eigenvalue weighted by Gasteiger charge is 2.25. The Morgan fingerprint density at radius 2 is 1.86 bits per heavy atom. The Balaban J connectivity index is 2.20. The van der Waals surface area contributed by atoms with Crippen LogP contribution < -0.4 is 4.72 Å². The number of carboxylic acids is 1. The first-order chi connectivity index (χ1) is 9.79. The molecule has 1 saturated carbocycles. The van der Waals surface area contributed by atoms with E-state index < -0.39 is 16.0 Å². The van der Waals surface area contributed by atoms with E-state index in [1.807, 2.05) is 0 Å². The summed E-state index contributed by atoms with van der Waals surface area (Å²) in [5.41, 5.74) is 0.499. The lowest BCUT2D eigenvalue weighted by Gasteiger charge is -2.26. The number of hydrogen-bond acceptors (Lipinski definition) is 4. The summed E-state index contributed by atoms with van der Waals surface area (Å²) in [6.07, 6.45) is 1.95. The molecule has 0 amide bonds. The van der Waals surface area contributed by atoms with Crippen molar-refractivity contribution in [3.8, 4) is 0 Å². The maximum atomic E-state index is 12.3. The van der Waals surface area contributed by atoms with E-state index in [4.69, 9.17) is 5.11 Å². The molecular formula is C14H19NO5S. The monoisotopic (exact) mass is 313 g/mol. The van der Waals surface area contributed by atoms with Crippen molar-refractivity contribution in [2.24, 2.45) is 0 Å². The van der Waals surface area contributed by atoms with E-state index in [-0.39, 0.29) is 22.6 Å². The Morgan fingerprint density at radius 1 is 1.24 bits per heavy atom. The molecule has 0 aromatic heterocycles. The zero-order chi connectivity index (χ0) is 15.6. The van der Waals surface area contributed by atoms with Gasteiger partial charge in [0.2, 0.25) is 10.0 Å². The van der Waals surface area contributed by atoms with Crippen LogP contribution in [0.5, 0.6) is 0 Å². The second-order valence-corrected chi connectivity index (χ2v) is 7.12. The highest BCUT2D eigenvalue weighted by atomic mass is 32.2. The zero-order valence-electron chi connectivity index (χ0n) is 11.7. The van der Waals surface area contributed by atoms with Gasteiger partial charge in [-0.1, -0.05) is 6.07 Å². The number of nitrogens with one attached hydrogen (secondary N) is 1. The topological polar surface area (TPSA) is 104 Å². The summed E-state index contributed by atoms with van der Waals surface area (Å²) in [6.45, 7) is 1.62. The summed E-state index contributed by atoms with van der Waals surface area (Å²) in [7, 11) is -3.75. The van der Waals surface area contributed by atoms with Crippen LogP contribution in [0.3, 0.4) is 0 Å². The van der Waals surface area contributed by atoms with E-state index in [1.165, 1.54) is 18.2 Å². The molecular weight excluding hydrogens is 294 g/mol. The molecule has 116 valence electrons. The summed E-state index contributed by atoms with van der Waals surface area (Å²) in [4.78, 5) is 11.0. The average Bonchev–Trinajstić information content (AvgIpc) is 2.41. The van der Waals surface area contributed by atoms with Crippen LogP contribution in [0, 0.1) is 6.92 Å². The van der Waals surface area contributed by atoms with Gasteiger partial charge in [-0.3, -0.25) is 0 Å². The molecule has 1 aromatic rings. The predicted octanol–water partition coefficient (Wildman–Crippen LogP) is 1.28. The largest absolute Gasteiger partial charge is 0.478 e. The fraction of sp³-hybridized carbons (Fsp3) is 0.500. The third-order valence-electron chi connectivity index (χ3n) is 3.77. The highest BCUT2D eigenvalue weighted by Crippen LogP contribution is 2.21. The number of aliphatic hydroxyl groups is 1. The fourth-order valence-electron chi connectivity index (χ4n) is 2.48. The number of rotatable bonds is 4. The van der Waals surface area contributed by atoms with Gasteiger partial charge in [0, 0.05) is 6.04 Å². The number of aryl methyl sites for hydroxylation is 1. The maximum absolute atomic E-state index is 12.3. The first-order valence-corrected chi connectivity index (χ1v) is 8.32. The molecule has 21 heavy (non-hydrogen) atoms. The standard InChI is InChI=1S/C14H19NO5S/c1-9-2-7-12(8-13(9)14(17)18)21(19,20)15-10-3-5-11(16)6-4-10/h2,7-8,10-11,15-16H,3-6H2,1H3,(H,17,18). The van der Waals surface area contributed by atoms with Crippen molar-refractivity contribution >= 4 is 16.0 Å². The van der Waals surface area contributed by atoms with Crippen molar-refractivity contribution in [2.45, 2.75) is 49.6 Å². The number of sulfonamides is 1. The Morgan fingerprint density at radius 3 is 2.43 bits per heavy atom. The van der Waals surface area contributed by atoms with Gasteiger partial charge in [-0.25, -0.2) is 17.9 Å². The molecule has 1 aromatic carbocycles. The van der Waals surface area contributed by atoms with E-state index in [9.17, 15) is 18.3 Å². The zero-order valence-corrected chi connectivity index (χ0v) is 12.6. The molecule has 7 heteroatoms. The van der Waals surface area contributed by atoms with Gasteiger partial charge in [0.05, 0.1) is 16.6 Å². The van der Waals surface area contributed by atoms with Gasteiger partial charge < -0.3 is 10.2 Å². The SMILES string of the molecule is Cc1ccc(S(=O)(=O)NC2CCC(O)CC2)cc1C(=O)O. The molecule has 1 fully saturated rings. The van der Waals surface area contributed by atoms with Crippen molar-refractivity contribution in [1.82, 2.24) is 4.72 Å². The summed E-state index contributed by atoms with van der Waals surface area (Å²) >= 11 is 0. The Hall–Kier alpha value is -1.44. The van der Waals surface area contributed by atoms with E-state index in [2.05, 4.69) is 4.72 Å². The molecule has 6 nitrogen and oxygen atoms in total. The smallest absolute Gasteiger partial charge is 0.335 e. The van der Waals surface area contributed by atoms with Crippen molar-refractivity contribution in [3.05, 3.63) is 29.3 Å². The first-order valence-electron chi connectivity index (χ1n) is 6.84. The summed E-state index contributed by atoms with van der Waals surface area (Å²) < 4.78 is 27.2. The Bertz CT molecular complexity index is 633. The first kappa shape index (κ1) is 15.9. The van der Waals surface area contributed by atoms with Crippen LogP contribution in [0.2, 0.25) is 0 Å². The lowest BCUT2D eigenvalue weighted by Crippen LogP contribution is -2.38. The third kappa shape index (κ3) is 3.81. The quantitative estimate of drug-likeness (QED) is 0.776. The molecule has 1 aliphatic rings. The van der Waals surface area contributed by atoms with Gasteiger partial charge in [-0.2, -0.15) is 0 Å². The number of carbonyl (C=O) groups is 1. The van der Waals surface area contributed by atoms with E-state index in [0.29, 0.717) is 31.2 Å². The number of aliphatic hydroxyl groups excluding tert-OH is 1. The van der Waals surface area contributed by atoms with Crippen LogP contribution in [0.25, 0.3) is 0 Å². The maximum Gasteiger partial charge on any atom is 0.335 e. The molecule has 3 N–H and O–H groups in total. The Labute approximate surface area is 123 Å². The van der Waals surface area contributed by atoms with Crippen LogP contribution >= 0.6 is 0 Å². The van der Waals surface area contributed by atoms with E-state index >= 15 is 0 Å². The van der Waals surface area contributed by atoms with Gasteiger partial charge in [0.25, 0.3) is 0 Å². The van der Waals surface area contributed by atoms with Crippen LogP contribution in [0.1, 0.15) is 41.6 Å². The minimum Gasteiger partial charge on any atom is -0.478 e. The van der Waals surface area contributed by atoms with Crippen LogP contribution in [-0.2, 0) is 10.0 Å². The summed E-state index contributed by atoms with van der Waals surface area (Å²) in [6, 6.07) is 3.86. The number of carboxylic acid groups (broad SMARTS) is 1. The van der Waals surface area contributed by atoms with Crippen molar-refractivity contribution in [3.63, 3.8) is 0 Å². The molecule has 1 aliphatic carbocycles. The molecule has 0 unspecified atom stereocenters. The molecule has 2 rings (SSSR count). The molecule has 0 heterocycles. The summed E-state index contributed by atoms with van der Waals surface area (Å²) in [5, 5.41) is 18.5. The number of aromatic carboxylic acids is 1. The van der Waals surface area contributed by atoms with Gasteiger partial charge in [-0.15, -0.1) is 0 Å². The average molecular weight is 313 g/mol. The van der Waals surface area contributed by atoms with Gasteiger partial charge in [0.1, 0.15) is 0 Å². The summed E-state index contributed by atoms with van der Waals surface area (Å²) in [5.74, 6) is -1.15. The van der Waals surface area contributed by atoms with Gasteiger partial charge in [0.15, 0.2) is 0 Å².